The number of nitrogens with zero attached hydrogens (tertiary/aromatic N) is 1. The fourth-order valence-corrected chi connectivity index (χ4v) is 1.54. The molecule has 0 aromatic rings. The Bertz CT molecular complexity index is 207. The zero-order chi connectivity index (χ0) is 9.84. The van der Waals surface area contributed by atoms with Gasteiger partial charge in [-0.05, 0) is 33.0 Å². The summed E-state index contributed by atoms with van der Waals surface area (Å²) in [6, 6.07) is 0. The Morgan fingerprint density at radius 2 is 1.85 bits per heavy atom. The van der Waals surface area contributed by atoms with Crippen LogP contribution >= 0.6 is 0 Å². The first-order chi connectivity index (χ1) is 6.15. The number of piperidine rings is 1. The number of hydrogen-bond acceptors (Lipinski definition) is 4. The maximum absolute atomic E-state index is 11.3. The van der Waals surface area contributed by atoms with Gasteiger partial charge in [0.1, 0.15) is 0 Å². The normalized spacial score (nSPS) is 19.8. The minimum absolute atomic E-state index is 0.122. The van der Waals surface area contributed by atoms with E-state index in [0.717, 1.165) is 25.9 Å². The van der Waals surface area contributed by atoms with E-state index >= 15 is 0 Å². The third-order valence-corrected chi connectivity index (χ3v) is 2.48. The smallest absolute Gasteiger partial charge is 0.374 e. The predicted molar refractivity (Wildman–Crippen MR) is 47.2 cm³/mol. The molecular formula is C9H15NO3. The topological polar surface area (TPSA) is 46.6 Å². The van der Waals surface area contributed by atoms with Crippen LogP contribution in [0.15, 0.2) is 0 Å². The van der Waals surface area contributed by atoms with E-state index in [2.05, 4.69) is 9.64 Å². The first-order valence-corrected chi connectivity index (χ1v) is 4.46. The van der Waals surface area contributed by atoms with Crippen LogP contribution in [-0.2, 0) is 14.3 Å². The quantitative estimate of drug-likeness (QED) is 0.451. The van der Waals surface area contributed by atoms with Crippen LogP contribution in [0.25, 0.3) is 0 Å². The van der Waals surface area contributed by atoms with Gasteiger partial charge in [0.2, 0.25) is 5.78 Å². The van der Waals surface area contributed by atoms with E-state index in [-0.39, 0.29) is 11.7 Å². The second kappa shape index (κ2) is 4.37. The molecule has 0 unspecified atom stereocenters. The highest BCUT2D eigenvalue weighted by molar-refractivity contribution is 6.34. The van der Waals surface area contributed by atoms with Gasteiger partial charge in [-0.25, -0.2) is 4.79 Å². The van der Waals surface area contributed by atoms with Crippen molar-refractivity contribution < 1.29 is 14.3 Å². The van der Waals surface area contributed by atoms with Crippen molar-refractivity contribution in [2.24, 2.45) is 5.92 Å². The van der Waals surface area contributed by atoms with Gasteiger partial charge in [-0.3, -0.25) is 4.79 Å². The number of hydrogen-bond donors (Lipinski definition) is 0. The molecule has 0 saturated carbocycles. The molecule has 1 aliphatic rings. The van der Waals surface area contributed by atoms with Gasteiger partial charge in [0.25, 0.3) is 0 Å². The van der Waals surface area contributed by atoms with Crippen LogP contribution in [0, 0.1) is 5.92 Å². The fraction of sp³-hybridized carbons (Fsp3) is 0.778. The Balaban J connectivity index is 2.44. The summed E-state index contributed by atoms with van der Waals surface area (Å²) in [5.41, 5.74) is 0. The summed E-state index contributed by atoms with van der Waals surface area (Å²) < 4.78 is 4.39. The molecule has 4 nitrogen and oxygen atoms in total. The van der Waals surface area contributed by atoms with Crippen molar-refractivity contribution in [2.45, 2.75) is 12.8 Å². The summed E-state index contributed by atoms with van der Waals surface area (Å²) >= 11 is 0. The van der Waals surface area contributed by atoms with Crippen LogP contribution in [0.1, 0.15) is 12.8 Å². The molecule has 1 aliphatic heterocycles. The van der Waals surface area contributed by atoms with Crippen LogP contribution in [-0.4, -0.2) is 43.9 Å². The molecule has 1 fully saturated rings. The second-order valence-corrected chi connectivity index (χ2v) is 3.43. The predicted octanol–water partition coefficient (Wildman–Crippen LogP) is 0.0703. The highest BCUT2D eigenvalue weighted by atomic mass is 16.5. The molecular weight excluding hydrogens is 170 g/mol. The van der Waals surface area contributed by atoms with Gasteiger partial charge in [-0.15, -0.1) is 0 Å². The fourth-order valence-electron chi connectivity index (χ4n) is 1.54. The van der Waals surface area contributed by atoms with Gasteiger partial charge in [0.15, 0.2) is 0 Å². The molecule has 0 amide bonds. The first kappa shape index (κ1) is 10.2. The Hall–Kier alpha value is -0.900. The summed E-state index contributed by atoms with van der Waals surface area (Å²) in [6.45, 7) is 1.76. The maximum Gasteiger partial charge on any atom is 0.374 e. The zero-order valence-corrected chi connectivity index (χ0v) is 8.08. The number of ketones is 1. The number of Topliss-reactive ketones (excluding diaryl/α,β-unsaturated/α-hetero) is 1. The van der Waals surface area contributed by atoms with Gasteiger partial charge in [0.05, 0.1) is 7.11 Å². The Morgan fingerprint density at radius 3 is 2.31 bits per heavy atom. The molecule has 1 saturated heterocycles. The van der Waals surface area contributed by atoms with Crippen molar-refractivity contribution in [1.82, 2.24) is 4.90 Å². The minimum atomic E-state index is -0.699. The van der Waals surface area contributed by atoms with Crippen molar-refractivity contribution in [2.75, 3.05) is 27.2 Å². The third kappa shape index (κ3) is 2.52. The number of ether oxygens (including phenoxy) is 1. The summed E-state index contributed by atoms with van der Waals surface area (Å²) in [5.74, 6) is -1.19. The average molecular weight is 185 g/mol. The van der Waals surface area contributed by atoms with Gasteiger partial charge < -0.3 is 9.64 Å². The van der Waals surface area contributed by atoms with E-state index in [4.69, 9.17) is 0 Å². The van der Waals surface area contributed by atoms with Crippen LogP contribution in [0.5, 0.6) is 0 Å². The van der Waals surface area contributed by atoms with Crippen molar-refractivity contribution in [3.8, 4) is 0 Å². The Labute approximate surface area is 77.8 Å². The molecule has 0 atom stereocenters. The lowest BCUT2D eigenvalue weighted by atomic mass is 9.93. The van der Waals surface area contributed by atoms with Crippen molar-refractivity contribution >= 4 is 11.8 Å². The molecule has 4 heteroatoms. The van der Waals surface area contributed by atoms with Crippen LogP contribution in [0.2, 0.25) is 0 Å². The lowest BCUT2D eigenvalue weighted by Crippen LogP contribution is -2.36. The van der Waals surface area contributed by atoms with Gasteiger partial charge in [0, 0.05) is 5.92 Å². The standard InChI is InChI=1S/C9H15NO3/c1-10-5-3-7(4-6-10)8(11)9(12)13-2/h7H,3-6H2,1-2H3. The average Bonchev–Trinajstić information content (AvgIpc) is 2.17. The van der Waals surface area contributed by atoms with Crippen molar-refractivity contribution in [3.05, 3.63) is 0 Å². The summed E-state index contributed by atoms with van der Waals surface area (Å²) in [7, 11) is 3.26. The van der Waals surface area contributed by atoms with Crippen LogP contribution in [0.3, 0.4) is 0 Å². The van der Waals surface area contributed by atoms with Crippen LogP contribution < -0.4 is 0 Å². The van der Waals surface area contributed by atoms with Crippen LogP contribution in [0.4, 0.5) is 0 Å². The molecule has 0 bridgehead atoms. The molecule has 0 N–H and O–H groups in total. The molecule has 0 spiro atoms. The highest BCUT2D eigenvalue weighted by Gasteiger charge is 2.28. The maximum atomic E-state index is 11.3. The van der Waals surface area contributed by atoms with E-state index < -0.39 is 5.97 Å². The zero-order valence-electron chi connectivity index (χ0n) is 8.08. The molecule has 13 heavy (non-hydrogen) atoms. The Morgan fingerprint density at radius 1 is 1.31 bits per heavy atom. The lowest BCUT2D eigenvalue weighted by molar-refractivity contribution is -0.154. The summed E-state index contributed by atoms with van der Waals surface area (Å²) in [4.78, 5) is 24.4. The number of rotatable bonds is 2. The number of carbonyl (C=O) groups excluding carboxylic acids is 2. The van der Waals surface area contributed by atoms with E-state index in [9.17, 15) is 9.59 Å². The van der Waals surface area contributed by atoms with Gasteiger partial charge in [-0.1, -0.05) is 0 Å². The molecule has 1 rings (SSSR count). The minimum Gasteiger partial charge on any atom is -0.463 e. The molecule has 0 radical (unpaired) electrons. The molecule has 74 valence electrons. The number of methoxy groups -OCH3 is 1. The van der Waals surface area contributed by atoms with Gasteiger partial charge >= 0.3 is 5.97 Å². The number of likely N-dealkylation sites (tertiary alicyclic amines) is 1. The van der Waals surface area contributed by atoms with E-state index in [0.29, 0.717) is 0 Å². The van der Waals surface area contributed by atoms with Crippen molar-refractivity contribution in [3.63, 3.8) is 0 Å². The number of esters is 1. The van der Waals surface area contributed by atoms with Gasteiger partial charge in [-0.2, -0.15) is 0 Å². The van der Waals surface area contributed by atoms with E-state index in [1.165, 1.54) is 7.11 Å². The summed E-state index contributed by atoms with van der Waals surface area (Å²) in [5, 5.41) is 0. The Kier molecular flexibility index (Phi) is 3.42. The molecule has 0 aromatic heterocycles. The first-order valence-electron chi connectivity index (χ1n) is 4.46. The highest BCUT2D eigenvalue weighted by Crippen LogP contribution is 2.17. The van der Waals surface area contributed by atoms with Crippen molar-refractivity contribution in [1.29, 1.82) is 0 Å². The molecule has 0 aromatic carbocycles. The lowest BCUT2D eigenvalue weighted by Gasteiger charge is -2.27. The van der Waals surface area contributed by atoms with E-state index in [1.54, 1.807) is 0 Å². The molecule has 1 heterocycles. The number of carbonyl (C=O) groups is 2. The summed E-state index contributed by atoms with van der Waals surface area (Å²) in [6.07, 6.45) is 1.54. The monoisotopic (exact) mass is 185 g/mol. The molecule has 0 aliphatic carbocycles. The second-order valence-electron chi connectivity index (χ2n) is 3.43. The largest absolute Gasteiger partial charge is 0.463 e. The third-order valence-electron chi connectivity index (χ3n) is 2.48. The van der Waals surface area contributed by atoms with E-state index in [1.807, 2.05) is 7.05 Å². The SMILES string of the molecule is COC(=O)C(=O)C1CCN(C)CC1.